The predicted octanol–water partition coefficient (Wildman–Crippen LogP) is 1.01. The Morgan fingerprint density at radius 3 is 2.68 bits per heavy atom. The second-order valence-electron chi connectivity index (χ2n) is 4.90. The summed E-state index contributed by atoms with van der Waals surface area (Å²) in [5, 5.41) is 0. The quantitative estimate of drug-likeness (QED) is 0.835. The summed E-state index contributed by atoms with van der Waals surface area (Å²) >= 11 is 5.02. The fourth-order valence-electron chi connectivity index (χ4n) is 2.29. The Hall–Kier alpha value is -1.11. The van der Waals surface area contributed by atoms with Crippen LogP contribution in [0, 0.1) is 5.82 Å². The normalized spacial score (nSPS) is 19.3. The van der Waals surface area contributed by atoms with Gasteiger partial charge in [0.1, 0.15) is 5.82 Å². The summed E-state index contributed by atoms with van der Waals surface area (Å²) in [5.74, 6) is -0.279. The highest BCUT2D eigenvalue weighted by molar-refractivity contribution is 7.80. The fourth-order valence-corrected chi connectivity index (χ4v) is 2.44. The summed E-state index contributed by atoms with van der Waals surface area (Å²) in [4.78, 5) is 8.99. The van der Waals surface area contributed by atoms with Gasteiger partial charge in [-0.15, -0.1) is 0 Å². The Bertz CT molecular complexity index is 446. The van der Waals surface area contributed by atoms with Gasteiger partial charge in [-0.1, -0.05) is 12.2 Å². The molecule has 0 radical (unpaired) electrons. The Morgan fingerprint density at radius 2 is 2.11 bits per heavy atom. The summed E-state index contributed by atoms with van der Waals surface area (Å²) in [7, 11) is 0. The van der Waals surface area contributed by atoms with E-state index in [9.17, 15) is 4.39 Å². The largest absolute Gasteiger partial charge is 0.392 e. The zero-order chi connectivity index (χ0) is 13.8. The molecule has 0 aliphatic carbocycles. The van der Waals surface area contributed by atoms with Gasteiger partial charge in [-0.05, 0) is 18.6 Å². The highest BCUT2D eigenvalue weighted by atomic mass is 32.1. The number of piperazine rings is 1. The minimum atomic E-state index is -0.279. The lowest BCUT2D eigenvalue weighted by atomic mass is 10.2. The molecule has 1 aliphatic heterocycles. The molecule has 19 heavy (non-hydrogen) atoms. The molecule has 0 aromatic carbocycles. The van der Waals surface area contributed by atoms with Gasteiger partial charge in [0.05, 0.1) is 17.2 Å². The van der Waals surface area contributed by atoms with Crippen molar-refractivity contribution < 1.29 is 4.39 Å². The summed E-state index contributed by atoms with van der Waals surface area (Å²) in [5.41, 5.74) is 6.58. The minimum Gasteiger partial charge on any atom is -0.392 e. The molecule has 1 aromatic heterocycles. The van der Waals surface area contributed by atoms with Crippen molar-refractivity contribution in [2.24, 2.45) is 5.73 Å². The Balaban J connectivity index is 1.85. The summed E-state index contributed by atoms with van der Waals surface area (Å²) < 4.78 is 13.1. The number of rotatable bonds is 4. The third-order valence-electron chi connectivity index (χ3n) is 3.53. The van der Waals surface area contributed by atoms with Gasteiger partial charge in [0.2, 0.25) is 0 Å². The number of hydrogen-bond acceptors (Lipinski definition) is 4. The van der Waals surface area contributed by atoms with Gasteiger partial charge in [0, 0.05) is 38.9 Å². The molecule has 2 rings (SSSR count). The Morgan fingerprint density at radius 1 is 1.42 bits per heavy atom. The standard InChI is InChI=1S/C13H19FN4S/c1-10(13(15)19)18-4-2-17(3-5-18)9-11-6-12(14)8-16-7-11/h6-8,10H,2-5,9H2,1H3,(H2,15,19). The fraction of sp³-hybridized carbons (Fsp3) is 0.538. The highest BCUT2D eigenvalue weighted by Crippen LogP contribution is 2.11. The SMILES string of the molecule is CC(C(N)=S)N1CCN(Cc2cncc(F)c2)CC1. The smallest absolute Gasteiger partial charge is 0.141 e. The molecule has 1 unspecified atom stereocenters. The lowest BCUT2D eigenvalue weighted by Gasteiger charge is -2.37. The van der Waals surface area contributed by atoms with E-state index in [4.69, 9.17) is 18.0 Å². The topological polar surface area (TPSA) is 45.4 Å². The van der Waals surface area contributed by atoms with Crippen LogP contribution >= 0.6 is 12.2 Å². The van der Waals surface area contributed by atoms with E-state index in [2.05, 4.69) is 14.8 Å². The van der Waals surface area contributed by atoms with Crippen LogP contribution in [0.1, 0.15) is 12.5 Å². The first-order chi connectivity index (χ1) is 9.06. The van der Waals surface area contributed by atoms with Crippen LogP contribution in [-0.2, 0) is 6.54 Å². The molecule has 1 aliphatic rings. The van der Waals surface area contributed by atoms with Gasteiger partial charge in [-0.2, -0.15) is 0 Å². The van der Waals surface area contributed by atoms with E-state index in [0.717, 1.165) is 38.3 Å². The maximum Gasteiger partial charge on any atom is 0.141 e. The average molecular weight is 282 g/mol. The monoisotopic (exact) mass is 282 g/mol. The zero-order valence-corrected chi connectivity index (χ0v) is 11.9. The van der Waals surface area contributed by atoms with E-state index < -0.39 is 0 Å². The van der Waals surface area contributed by atoms with Crippen molar-refractivity contribution in [3.05, 3.63) is 29.8 Å². The summed E-state index contributed by atoms with van der Waals surface area (Å²) in [6.45, 7) is 6.50. The molecule has 1 fully saturated rings. The molecule has 1 aromatic rings. The number of nitrogens with zero attached hydrogens (tertiary/aromatic N) is 3. The first kappa shape index (κ1) is 14.3. The van der Waals surface area contributed by atoms with Crippen molar-refractivity contribution in [2.45, 2.75) is 19.5 Å². The second kappa shape index (κ2) is 6.36. The summed E-state index contributed by atoms with van der Waals surface area (Å²) in [6.07, 6.45) is 2.94. The van der Waals surface area contributed by atoms with Crippen molar-refractivity contribution in [1.82, 2.24) is 14.8 Å². The lowest BCUT2D eigenvalue weighted by Crippen LogP contribution is -2.52. The molecule has 0 bridgehead atoms. The van der Waals surface area contributed by atoms with Gasteiger partial charge >= 0.3 is 0 Å². The molecule has 0 amide bonds. The van der Waals surface area contributed by atoms with E-state index in [1.165, 1.54) is 12.3 Å². The molecule has 4 nitrogen and oxygen atoms in total. The van der Waals surface area contributed by atoms with Crippen LogP contribution < -0.4 is 5.73 Å². The Labute approximate surface area is 118 Å². The van der Waals surface area contributed by atoms with Gasteiger partial charge in [-0.3, -0.25) is 14.8 Å². The Kier molecular flexibility index (Phi) is 4.79. The van der Waals surface area contributed by atoms with Crippen molar-refractivity contribution in [3.8, 4) is 0 Å². The van der Waals surface area contributed by atoms with Crippen LogP contribution in [0.5, 0.6) is 0 Å². The highest BCUT2D eigenvalue weighted by Gasteiger charge is 2.22. The molecular weight excluding hydrogens is 263 g/mol. The van der Waals surface area contributed by atoms with Gasteiger partial charge in [0.25, 0.3) is 0 Å². The van der Waals surface area contributed by atoms with Crippen molar-refractivity contribution in [1.29, 1.82) is 0 Å². The minimum absolute atomic E-state index is 0.146. The van der Waals surface area contributed by atoms with Crippen molar-refractivity contribution in [3.63, 3.8) is 0 Å². The molecule has 0 saturated carbocycles. The van der Waals surface area contributed by atoms with E-state index in [-0.39, 0.29) is 11.9 Å². The van der Waals surface area contributed by atoms with Crippen LogP contribution in [0.3, 0.4) is 0 Å². The molecule has 2 heterocycles. The number of hydrogen-bond donors (Lipinski definition) is 1. The van der Waals surface area contributed by atoms with E-state index in [1.54, 1.807) is 6.20 Å². The molecule has 6 heteroatoms. The van der Waals surface area contributed by atoms with Crippen LogP contribution in [0.15, 0.2) is 18.5 Å². The predicted molar refractivity (Wildman–Crippen MR) is 77.3 cm³/mol. The number of aromatic nitrogens is 1. The van der Waals surface area contributed by atoms with Gasteiger partial charge < -0.3 is 5.73 Å². The number of nitrogens with two attached hydrogens (primary N) is 1. The second-order valence-corrected chi connectivity index (χ2v) is 5.37. The molecule has 1 atom stereocenters. The van der Waals surface area contributed by atoms with Crippen LogP contribution in [0.25, 0.3) is 0 Å². The zero-order valence-electron chi connectivity index (χ0n) is 11.1. The van der Waals surface area contributed by atoms with Crippen molar-refractivity contribution >= 4 is 17.2 Å². The lowest BCUT2D eigenvalue weighted by molar-refractivity contribution is 0.117. The van der Waals surface area contributed by atoms with Crippen molar-refractivity contribution in [2.75, 3.05) is 26.2 Å². The average Bonchev–Trinajstić information content (AvgIpc) is 2.39. The van der Waals surface area contributed by atoms with Crippen LogP contribution in [0.4, 0.5) is 4.39 Å². The molecule has 1 saturated heterocycles. The van der Waals surface area contributed by atoms with Gasteiger partial charge in [-0.25, -0.2) is 4.39 Å². The first-order valence-corrected chi connectivity index (χ1v) is 6.82. The number of pyridine rings is 1. The van der Waals surface area contributed by atoms with Crippen LogP contribution in [0.2, 0.25) is 0 Å². The molecule has 0 spiro atoms. The molecule has 104 valence electrons. The third kappa shape index (κ3) is 3.92. The maximum absolute atomic E-state index is 13.1. The maximum atomic E-state index is 13.1. The van der Waals surface area contributed by atoms with Gasteiger partial charge in [0.15, 0.2) is 0 Å². The van der Waals surface area contributed by atoms with E-state index in [0.29, 0.717) is 4.99 Å². The first-order valence-electron chi connectivity index (χ1n) is 6.41. The summed E-state index contributed by atoms with van der Waals surface area (Å²) in [6, 6.07) is 1.68. The molecular formula is C13H19FN4S. The van der Waals surface area contributed by atoms with E-state index >= 15 is 0 Å². The third-order valence-corrected chi connectivity index (χ3v) is 3.88. The van der Waals surface area contributed by atoms with Crippen LogP contribution in [-0.4, -0.2) is 52.0 Å². The van der Waals surface area contributed by atoms with E-state index in [1.807, 2.05) is 6.92 Å². The number of thiocarbonyl (C=S) groups is 1. The molecule has 2 N–H and O–H groups in total. The number of halogens is 1.